The van der Waals surface area contributed by atoms with Crippen LogP contribution in [0.4, 0.5) is 0 Å². The van der Waals surface area contributed by atoms with Gasteiger partial charge in [-0.1, -0.05) is 13.3 Å². The Morgan fingerprint density at radius 1 is 1.19 bits per heavy atom. The fraction of sp³-hybridized carbons (Fsp3) is 0.545. The van der Waals surface area contributed by atoms with Crippen molar-refractivity contribution in [1.82, 2.24) is 4.90 Å². The van der Waals surface area contributed by atoms with Crippen LogP contribution in [0.5, 0.6) is 5.75 Å². The summed E-state index contributed by atoms with van der Waals surface area (Å²) in [6, 6.07) is 8.44. The van der Waals surface area contributed by atoms with E-state index < -0.39 is 0 Å². The first kappa shape index (κ1) is 17.3. The van der Waals surface area contributed by atoms with E-state index in [0.29, 0.717) is 12.1 Å². The molecule has 138 valence electrons. The molecule has 1 aliphatic heterocycles. The minimum Gasteiger partial charge on any atom is -0.494 e. The second-order valence-electron chi connectivity index (χ2n) is 7.67. The zero-order valence-electron chi connectivity index (χ0n) is 15.6. The van der Waals surface area contributed by atoms with Crippen LogP contribution in [0.15, 0.2) is 40.4 Å². The van der Waals surface area contributed by atoms with Gasteiger partial charge in [-0.15, -0.1) is 0 Å². The van der Waals surface area contributed by atoms with Gasteiger partial charge in [-0.05, 0) is 73.9 Å². The van der Waals surface area contributed by atoms with E-state index in [9.17, 15) is 4.79 Å². The number of hydrogen-bond acceptors (Lipinski definition) is 3. The Balaban J connectivity index is 1.45. The average molecular weight is 352 g/mol. The van der Waals surface area contributed by atoms with Gasteiger partial charge in [0.15, 0.2) is 0 Å². The molecule has 3 aliphatic rings. The van der Waals surface area contributed by atoms with Crippen molar-refractivity contribution in [2.75, 3.05) is 13.2 Å². The van der Waals surface area contributed by atoms with Gasteiger partial charge in [0.25, 0.3) is 5.91 Å². The smallest absolute Gasteiger partial charge is 0.254 e. The number of ether oxygens (including phenoxy) is 1. The standard InChI is InChI=1S/C22H28N2O2/c1-2-3-12-26-21-10-5-16(6-11-21)22(25)24(19-8-9-19)20-7-4-17-14-23-15-18(17)13-20/h5-6,10-11,15,19-20H,2-4,7-9,12-14H2,1H3. The molecule has 0 N–H and O–H groups in total. The number of carbonyl (C=O) groups is 1. The van der Waals surface area contributed by atoms with E-state index in [2.05, 4.69) is 16.8 Å². The van der Waals surface area contributed by atoms with Crippen molar-refractivity contribution >= 4 is 12.1 Å². The lowest BCUT2D eigenvalue weighted by Crippen LogP contribution is -2.43. The minimum absolute atomic E-state index is 0.177. The predicted octanol–water partition coefficient (Wildman–Crippen LogP) is 4.40. The Kier molecular flexibility index (Phi) is 5.09. The molecule has 26 heavy (non-hydrogen) atoms. The van der Waals surface area contributed by atoms with Crippen molar-refractivity contribution in [3.63, 3.8) is 0 Å². The number of rotatable bonds is 7. The van der Waals surface area contributed by atoms with Gasteiger partial charge in [-0.25, -0.2) is 0 Å². The SMILES string of the molecule is CCCCOc1ccc(C(=O)N(C2CC2)C2CCC3=C(C=NC3)C2)cc1. The maximum Gasteiger partial charge on any atom is 0.254 e. The first-order chi connectivity index (χ1) is 12.8. The van der Waals surface area contributed by atoms with E-state index in [1.54, 1.807) is 0 Å². The molecule has 1 saturated carbocycles. The van der Waals surface area contributed by atoms with Gasteiger partial charge in [0, 0.05) is 23.9 Å². The second kappa shape index (κ2) is 7.65. The number of hydrogen-bond donors (Lipinski definition) is 0. The Hall–Kier alpha value is -2.10. The molecule has 1 unspecified atom stereocenters. The zero-order valence-corrected chi connectivity index (χ0v) is 15.6. The predicted molar refractivity (Wildman–Crippen MR) is 104 cm³/mol. The van der Waals surface area contributed by atoms with E-state index in [-0.39, 0.29) is 5.91 Å². The summed E-state index contributed by atoms with van der Waals surface area (Å²) < 4.78 is 5.72. The van der Waals surface area contributed by atoms with Crippen LogP contribution in [0.3, 0.4) is 0 Å². The van der Waals surface area contributed by atoms with E-state index in [4.69, 9.17) is 4.74 Å². The Morgan fingerprint density at radius 3 is 2.73 bits per heavy atom. The second-order valence-corrected chi connectivity index (χ2v) is 7.67. The molecule has 1 heterocycles. The van der Waals surface area contributed by atoms with E-state index in [1.807, 2.05) is 30.5 Å². The fourth-order valence-corrected chi connectivity index (χ4v) is 3.99. The van der Waals surface area contributed by atoms with Crippen LogP contribution in [0.2, 0.25) is 0 Å². The molecule has 4 nitrogen and oxygen atoms in total. The molecule has 0 radical (unpaired) electrons. The lowest BCUT2D eigenvalue weighted by atomic mass is 9.88. The summed E-state index contributed by atoms with van der Waals surface area (Å²) >= 11 is 0. The van der Waals surface area contributed by atoms with Crippen LogP contribution < -0.4 is 4.74 Å². The van der Waals surface area contributed by atoms with Crippen LogP contribution in [0.1, 0.15) is 62.2 Å². The van der Waals surface area contributed by atoms with Crippen molar-refractivity contribution in [2.45, 2.75) is 64.0 Å². The van der Waals surface area contributed by atoms with Crippen LogP contribution in [0, 0.1) is 0 Å². The molecule has 0 saturated heterocycles. The largest absolute Gasteiger partial charge is 0.494 e. The normalized spacial score (nSPS) is 21.7. The third-order valence-corrected chi connectivity index (χ3v) is 5.65. The van der Waals surface area contributed by atoms with E-state index in [1.165, 1.54) is 11.1 Å². The van der Waals surface area contributed by atoms with Gasteiger partial charge < -0.3 is 9.64 Å². The molecule has 0 spiro atoms. The van der Waals surface area contributed by atoms with Crippen LogP contribution in [-0.4, -0.2) is 42.3 Å². The summed E-state index contributed by atoms with van der Waals surface area (Å²) in [5, 5.41) is 0. The fourth-order valence-electron chi connectivity index (χ4n) is 3.99. The molecule has 1 amide bonds. The van der Waals surface area contributed by atoms with Gasteiger partial charge in [-0.3, -0.25) is 9.79 Å². The summed E-state index contributed by atoms with van der Waals surface area (Å²) in [6.07, 6.45) is 9.61. The lowest BCUT2D eigenvalue weighted by molar-refractivity contribution is 0.0645. The van der Waals surface area contributed by atoms with Crippen LogP contribution in [-0.2, 0) is 0 Å². The summed E-state index contributed by atoms with van der Waals surface area (Å²) in [4.78, 5) is 19.8. The molecular formula is C22H28N2O2. The molecule has 1 atom stereocenters. The summed E-state index contributed by atoms with van der Waals surface area (Å²) in [6.45, 7) is 3.76. The maximum atomic E-state index is 13.2. The molecule has 1 aromatic carbocycles. The quantitative estimate of drug-likeness (QED) is 0.682. The highest BCUT2D eigenvalue weighted by atomic mass is 16.5. The topological polar surface area (TPSA) is 41.9 Å². The minimum atomic E-state index is 0.177. The molecule has 4 heteroatoms. The summed E-state index contributed by atoms with van der Waals surface area (Å²) in [5.74, 6) is 1.03. The van der Waals surface area contributed by atoms with Gasteiger partial charge in [0.1, 0.15) is 5.75 Å². The highest BCUT2D eigenvalue weighted by Crippen LogP contribution is 2.37. The third-order valence-electron chi connectivity index (χ3n) is 5.65. The highest BCUT2D eigenvalue weighted by Gasteiger charge is 2.39. The lowest BCUT2D eigenvalue weighted by Gasteiger charge is -2.35. The Morgan fingerprint density at radius 2 is 2.00 bits per heavy atom. The average Bonchev–Trinajstić information content (AvgIpc) is 3.38. The van der Waals surface area contributed by atoms with Crippen molar-refractivity contribution in [3.8, 4) is 5.75 Å². The molecule has 0 aromatic heterocycles. The third kappa shape index (κ3) is 3.69. The number of carbonyl (C=O) groups excluding carboxylic acids is 1. The molecule has 0 bridgehead atoms. The van der Waals surface area contributed by atoms with E-state index >= 15 is 0 Å². The maximum absolute atomic E-state index is 13.2. The monoisotopic (exact) mass is 352 g/mol. The first-order valence-electron chi connectivity index (χ1n) is 10.0. The van der Waals surface area contributed by atoms with Crippen LogP contribution >= 0.6 is 0 Å². The molecule has 2 aliphatic carbocycles. The number of nitrogens with zero attached hydrogens (tertiary/aromatic N) is 2. The number of amides is 1. The number of benzene rings is 1. The van der Waals surface area contributed by atoms with Crippen molar-refractivity contribution < 1.29 is 9.53 Å². The number of aliphatic imine (C=N–C) groups is 1. The number of unbranched alkanes of at least 4 members (excludes halogenated alkanes) is 1. The van der Waals surface area contributed by atoms with Gasteiger partial charge in [0.2, 0.25) is 0 Å². The molecular weight excluding hydrogens is 324 g/mol. The molecule has 1 aromatic rings. The van der Waals surface area contributed by atoms with Gasteiger partial charge >= 0.3 is 0 Å². The van der Waals surface area contributed by atoms with Crippen molar-refractivity contribution in [2.24, 2.45) is 4.99 Å². The Labute approximate surface area is 155 Å². The van der Waals surface area contributed by atoms with Crippen LogP contribution in [0.25, 0.3) is 0 Å². The molecule has 4 rings (SSSR count). The van der Waals surface area contributed by atoms with Gasteiger partial charge in [0.05, 0.1) is 13.2 Å². The molecule has 1 fully saturated rings. The van der Waals surface area contributed by atoms with Gasteiger partial charge in [-0.2, -0.15) is 0 Å². The summed E-state index contributed by atoms with van der Waals surface area (Å²) in [7, 11) is 0. The Bertz CT molecular complexity index is 716. The van der Waals surface area contributed by atoms with Crippen molar-refractivity contribution in [3.05, 3.63) is 41.0 Å². The zero-order chi connectivity index (χ0) is 17.9. The first-order valence-corrected chi connectivity index (χ1v) is 10.0. The van der Waals surface area contributed by atoms with Crippen molar-refractivity contribution in [1.29, 1.82) is 0 Å². The summed E-state index contributed by atoms with van der Waals surface area (Å²) in [5.41, 5.74) is 3.64. The highest BCUT2D eigenvalue weighted by molar-refractivity contribution is 5.95. The van der Waals surface area contributed by atoms with E-state index in [0.717, 1.165) is 69.4 Å².